The molecule has 1 unspecified atom stereocenters. The van der Waals surface area contributed by atoms with Gasteiger partial charge in [0.05, 0.1) is 0 Å². The van der Waals surface area contributed by atoms with Crippen molar-refractivity contribution < 1.29 is 0 Å². The molecule has 0 aromatic heterocycles. The standard InChI is InChI=1S/C15H31N3/c1-2-17-12-5-7-15(8-14-17)16-9-6-13-18-10-3-4-11-18/h15-16H,2-14H2,1H3. The average Bonchev–Trinajstić information content (AvgIpc) is 2.80. The van der Waals surface area contributed by atoms with Crippen LogP contribution >= 0.6 is 0 Å². The summed E-state index contributed by atoms with van der Waals surface area (Å²) in [7, 11) is 0. The molecule has 0 aliphatic carbocycles. The van der Waals surface area contributed by atoms with Crippen molar-refractivity contribution in [2.75, 3.05) is 45.8 Å². The fourth-order valence-corrected chi connectivity index (χ4v) is 3.29. The summed E-state index contributed by atoms with van der Waals surface area (Å²) >= 11 is 0. The Bertz CT molecular complexity index is 214. The van der Waals surface area contributed by atoms with E-state index in [4.69, 9.17) is 0 Å². The maximum absolute atomic E-state index is 3.78. The van der Waals surface area contributed by atoms with E-state index in [1.54, 1.807) is 0 Å². The van der Waals surface area contributed by atoms with Crippen LogP contribution in [0.2, 0.25) is 0 Å². The largest absolute Gasteiger partial charge is 0.314 e. The quantitative estimate of drug-likeness (QED) is 0.730. The normalized spacial score (nSPS) is 27.5. The van der Waals surface area contributed by atoms with Gasteiger partial charge in [-0.25, -0.2) is 0 Å². The first-order chi connectivity index (χ1) is 8.88. The molecule has 18 heavy (non-hydrogen) atoms. The highest BCUT2D eigenvalue weighted by atomic mass is 15.1. The van der Waals surface area contributed by atoms with Crippen LogP contribution in [-0.2, 0) is 0 Å². The smallest absolute Gasteiger partial charge is 0.00797 e. The molecule has 2 heterocycles. The van der Waals surface area contributed by atoms with E-state index in [1.807, 2.05) is 0 Å². The summed E-state index contributed by atoms with van der Waals surface area (Å²) in [5.41, 5.74) is 0. The lowest BCUT2D eigenvalue weighted by atomic mass is 10.1. The number of hydrogen-bond donors (Lipinski definition) is 1. The summed E-state index contributed by atoms with van der Waals surface area (Å²) in [4.78, 5) is 5.21. The van der Waals surface area contributed by atoms with Crippen LogP contribution < -0.4 is 5.32 Å². The molecule has 3 heteroatoms. The third-order valence-corrected chi connectivity index (χ3v) is 4.55. The summed E-state index contributed by atoms with van der Waals surface area (Å²) in [5, 5.41) is 3.78. The van der Waals surface area contributed by atoms with Gasteiger partial charge in [-0.2, -0.15) is 0 Å². The molecule has 0 bridgehead atoms. The topological polar surface area (TPSA) is 18.5 Å². The maximum Gasteiger partial charge on any atom is 0.00797 e. The molecule has 0 aromatic carbocycles. The molecule has 0 spiro atoms. The Hall–Kier alpha value is -0.120. The summed E-state index contributed by atoms with van der Waals surface area (Å²) in [6.45, 7) is 11.3. The monoisotopic (exact) mass is 253 g/mol. The molecule has 0 radical (unpaired) electrons. The lowest BCUT2D eigenvalue weighted by Crippen LogP contribution is -2.33. The van der Waals surface area contributed by atoms with E-state index < -0.39 is 0 Å². The van der Waals surface area contributed by atoms with Gasteiger partial charge in [-0.3, -0.25) is 0 Å². The van der Waals surface area contributed by atoms with Crippen LogP contribution in [0.3, 0.4) is 0 Å². The second-order valence-electron chi connectivity index (χ2n) is 5.92. The molecular formula is C15H31N3. The van der Waals surface area contributed by atoms with E-state index in [-0.39, 0.29) is 0 Å². The molecule has 2 saturated heterocycles. The van der Waals surface area contributed by atoms with Gasteiger partial charge in [0, 0.05) is 6.04 Å². The highest BCUT2D eigenvalue weighted by Gasteiger charge is 2.15. The van der Waals surface area contributed by atoms with Gasteiger partial charge in [0.25, 0.3) is 0 Å². The SMILES string of the molecule is CCN1CCCC(NCCCN2CCCC2)CC1. The van der Waals surface area contributed by atoms with Crippen molar-refractivity contribution in [1.82, 2.24) is 15.1 Å². The van der Waals surface area contributed by atoms with Crippen LogP contribution in [0.5, 0.6) is 0 Å². The predicted octanol–water partition coefficient (Wildman–Crippen LogP) is 1.94. The first kappa shape index (κ1) is 14.3. The van der Waals surface area contributed by atoms with Crippen molar-refractivity contribution in [2.45, 2.75) is 51.5 Å². The molecule has 3 nitrogen and oxygen atoms in total. The average molecular weight is 253 g/mol. The van der Waals surface area contributed by atoms with E-state index in [2.05, 4.69) is 22.0 Å². The van der Waals surface area contributed by atoms with Crippen molar-refractivity contribution in [1.29, 1.82) is 0 Å². The molecule has 2 rings (SSSR count). The molecule has 2 fully saturated rings. The zero-order valence-electron chi connectivity index (χ0n) is 12.2. The van der Waals surface area contributed by atoms with Crippen LogP contribution in [0.1, 0.15) is 45.4 Å². The Morgan fingerprint density at radius 2 is 1.72 bits per heavy atom. The lowest BCUT2D eigenvalue weighted by Gasteiger charge is -2.19. The van der Waals surface area contributed by atoms with E-state index in [0.717, 1.165) is 6.04 Å². The molecule has 106 valence electrons. The van der Waals surface area contributed by atoms with Gasteiger partial charge in [0.2, 0.25) is 0 Å². The minimum Gasteiger partial charge on any atom is -0.314 e. The summed E-state index contributed by atoms with van der Waals surface area (Å²) < 4.78 is 0. The second kappa shape index (κ2) is 8.13. The van der Waals surface area contributed by atoms with Crippen molar-refractivity contribution in [2.24, 2.45) is 0 Å². The minimum absolute atomic E-state index is 0.778. The van der Waals surface area contributed by atoms with Crippen LogP contribution in [0, 0.1) is 0 Å². The van der Waals surface area contributed by atoms with Gasteiger partial charge in [-0.15, -0.1) is 0 Å². The van der Waals surface area contributed by atoms with Crippen LogP contribution in [0.4, 0.5) is 0 Å². The summed E-state index contributed by atoms with van der Waals surface area (Å²) in [5.74, 6) is 0. The predicted molar refractivity (Wildman–Crippen MR) is 78.0 cm³/mol. The highest BCUT2D eigenvalue weighted by Crippen LogP contribution is 2.11. The Morgan fingerprint density at radius 3 is 2.50 bits per heavy atom. The van der Waals surface area contributed by atoms with Crippen molar-refractivity contribution >= 4 is 0 Å². The van der Waals surface area contributed by atoms with Gasteiger partial charge in [0.15, 0.2) is 0 Å². The fourth-order valence-electron chi connectivity index (χ4n) is 3.29. The Morgan fingerprint density at radius 1 is 0.944 bits per heavy atom. The lowest BCUT2D eigenvalue weighted by molar-refractivity contribution is 0.295. The molecule has 0 amide bonds. The summed E-state index contributed by atoms with van der Waals surface area (Å²) in [6, 6.07) is 0.778. The molecule has 1 N–H and O–H groups in total. The third kappa shape index (κ3) is 4.87. The maximum atomic E-state index is 3.78. The molecule has 0 saturated carbocycles. The molecule has 2 aliphatic heterocycles. The van der Waals surface area contributed by atoms with Gasteiger partial charge in [-0.1, -0.05) is 6.92 Å². The number of rotatable bonds is 6. The molecule has 0 aromatic rings. The zero-order valence-corrected chi connectivity index (χ0v) is 12.2. The highest BCUT2D eigenvalue weighted by molar-refractivity contribution is 4.75. The molecule has 2 aliphatic rings. The summed E-state index contributed by atoms with van der Waals surface area (Å²) in [6.07, 6.45) is 8.26. The number of nitrogens with zero attached hydrogens (tertiary/aromatic N) is 2. The zero-order chi connectivity index (χ0) is 12.6. The van der Waals surface area contributed by atoms with Crippen molar-refractivity contribution in [3.05, 3.63) is 0 Å². The molecular weight excluding hydrogens is 222 g/mol. The number of hydrogen-bond acceptors (Lipinski definition) is 3. The first-order valence-corrected chi connectivity index (χ1v) is 8.06. The van der Waals surface area contributed by atoms with Gasteiger partial charge < -0.3 is 15.1 Å². The Kier molecular flexibility index (Phi) is 6.46. The Labute approximate surface area is 113 Å². The van der Waals surface area contributed by atoms with Gasteiger partial charge in [0.1, 0.15) is 0 Å². The van der Waals surface area contributed by atoms with Crippen LogP contribution in [0.15, 0.2) is 0 Å². The van der Waals surface area contributed by atoms with Crippen LogP contribution in [-0.4, -0.2) is 61.7 Å². The molecule has 1 atom stereocenters. The first-order valence-electron chi connectivity index (χ1n) is 8.06. The van der Waals surface area contributed by atoms with E-state index in [0.29, 0.717) is 0 Å². The van der Waals surface area contributed by atoms with Crippen LogP contribution in [0.25, 0.3) is 0 Å². The number of likely N-dealkylation sites (tertiary alicyclic amines) is 2. The van der Waals surface area contributed by atoms with E-state index >= 15 is 0 Å². The Balaban J connectivity index is 1.53. The number of nitrogens with one attached hydrogen (secondary N) is 1. The fraction of sp³-hybridized carbons (Fsp3) is 1.00. The minimum atomic E-state index is 0.778. The second-order valence-corrected chi connectivity index (χ2v) is 5.92. The van der Waals surface area contributed by atoms with Gasteiger partial charge >= 0.3 is 0 Å². The van der Waals surface area contributed by atoms with Gasteiger partial charge in [-0.05, 0) is 84.3 Å². The van der Waals surface area contributed by atoms with E-state index in [1.165, 1.54) is 84.3 Å². The third-order valence-electron chi connectivity index (χ3n) is 4.55. The van der Waals surface area contributed by atoms with Crippen molar-refractivity contribution in [3.63, 3.8) is 0 Å². The van der Waals surface area contributed by atoms with Crippen molar-refractivity contribution in [3.8, 4) is 0 Å². The van der Waals surface area contributed by atoms with E-state index in [9.17, 15) is 0 Å².